The van der Waals surface area contributed by atoms with Crippen LogP contribution in [0, 0.1) is 16.0 Å². The molecule has 0 spiro atoms. The number of hydrogen-bond acceptors (Lipinski definition) is 6. The predicted octanol–water partition coefficient (Wildman–Crippen LogP) is 3.11. The summed E-state index contributed by atoms with van der Waals surface area (Å²) in [5.74, 6) is 0.706. The van der Waals surface area contributed by atoms with Crippen molar-refractivity contribution < 1.29 is 9.72 Å². The minimum Gasteiger partial charge on any atom is -0.328 e. The number of allylic oxidation sites excluding steroid dienone is 2. The number of fused-ring (bicyclic) bond motifs is 1. The Labute approximate surface area is 147 Å². The summed E-state index contributed by atoms with van der Waals surface area (Å²) >= 11 is 6.34. The fourth-order valence-electron chi connectivity index (χ4n) is 3.49. The van der Waals surface area contributed by atoms with Crippen LogP contribution in [0.25, 0.3) is 0 Å². The van der Waals surface area contributed by atoms with Gasteiger partial charge in [-0.3, -0.25) is 14.9 Å². The zero-order valence-corrected chi connectivity index (χ0v) is 14.0. The minimum atomic E-state index is -0.624. The summed E-state index contributed by atoms with van der Waals surface area (Å²) in [6, 6.07) is 3.60. The zero-order chi connectivity index (χ0) is 17.7. The monoisotopic (exact) mass is 359 g/mol. The molecule has 1 aromatic carbocycles. The number of carbonyl (C=O) groups is 1. The Morgan fingerprint density at radius 2 is 2.20 bits per heavy atom. The number of aromatic nitrogens is 3. The van der Waals surface area contributed by atoms with Gasteiger partial charge >= 0.3 is 0 Å². The molecule has 0 radical (unpaired) electrons. The summed E-state index contributed by atoms with van der Waals surface area (Å²) in [6.07, 6.45) is 2.51. The van der Waals surface area contributed by atoms with Gasteiger partial charge in [0.25, 0.3) is 5.69 Å². The van der Waals surface area contributed by atoms with Gasteiger partial charge in [-0.2, -0.15) is 10.1 Å². The Morgan fingerprint density at radius 3 is 2.96 bits per heavy atom. The average molecular weight is 360 g/mol. The first-order valence-electron chi connectivity index (χ1n) is 7.82. The quantitative estimate of drug-likeness (QED) is 0.652. The largest absolute Gasteiger partial charge is 0.328 e. The molecule has 8 nitrogen and oxygen atoms in total. The molecule has 0 amide bonds. The first kappa shape index (κ1) is 15.8. The molecule has 2 atom stereocenters. The maximum Gasteiger partial charge on any atom is 0.269 e. The molecule has 2 heterocycles. The van der Waals surface area contributed by atoms with Crippen LogP contribution in [0.3, 0.4) is 0 Å². The molecule has 1 aliphatic carbocycles. The second-order valence-electron chi connectivity index (χ2n) is 6.35. The van der Waals surface area contributed by atoms with Crippen LogP contribution in [-0.4, -0.2) is 25.5 Å². The third-order valence-corrected chi connectivity index (χ3v) is 4.89. The van der Waals surface area contributed by atoms with Crippen molar-refractivity contribution in [3.05, 3.63) is 56.5 Å². The summed E-state index contributed by atoms with van der Waals surface area (Å²) in [5, 5.41) is 18.9. The van der Waals surface area contributed by atoms with Crippen molar-refractivity contribution >= 4 is 29.0 Å². The fourth-order valence-corrected chi connectivity index (χ4v) is 3.71. The van der Waals surface area contributed by atoms with Crippen LogP contribution >= 0.6 is 11.6 Å². The van der Waals surface area contributed by atoms with Crippen molar-refractivity contribution in [3.8, 4) is 0 Å². The molecule has 2 aliphatic rings. The minimum absolute atomic E-state index is 0.00465. The van der Waals surface area contributed by atoms with Gasteiger partial charge in [-0.05, 0) is 18.4 Å². The van der Waals surface area contributed by atoms with E-state index in [4.69, 9.17) is 11.6 Å². The second-order valence-corrected chi connectivity index (χ2v) is 6.75. The average Bonchev–Trinajstić information content (AvgIpc) is 3.01. The maximum absolute atomic E-state index is 12.7. The van der Waals surface area contributed by atoms with Crippen molar-refractivity contribution in [1.29, 1.82) is 0 Å². The molecular weight excluding hydrogens is 346 g/mol. The fraction of sp³-hybridized carbons (Fsp3) is 0.312. The molecule has 1 N–H and O–H groups in total. The highest BCUT2D eigenvalue weighted by Crippen LogP contribution is 2.43. The van der Waals surface area contributed by atoms with Crippen molar-refractivity contribution in [2.45, 2.75) is 25.8 Å². The molecular formula is C16H14ClN5O3. The molecule has 1 aliphatic heterocycles. The lowest BCUT2D eigenvalue weighted by Gasteiger charge is -2.34. The standard InChI is InChI=1S/C16H14ClN5O3/c1-8-4-12-14(13(23)5-8)15(21-16(20-12)18-7-19-21)10-6-9(22(24)25)2-3-11(10)17/h2-3,6-8,15H,4-5H2,1H3,(H,18,19,20)/t8-,15-/m0/s1. The lowest BCUT2D eigenvalue weighted by Crippen LogP contribution is -2.33. The summed E-state index contributed by atoms with van der Waals surface area (Å²) in [6.45, 7) is 2.01. The number of hydrogen-bond donors (Lipinski definition) is 1. The predicted molar refractivity (Wildman–Crippen MR) is 90.3 cm³/mol. The summed E-state index contributed by atoms with van der Waals surface area (Å²) in [4.78, 5) is 27.6. The number of nitrogens with one attached hydrogen (secondary N) is 1. The van der Waals surface area contributed by atoms with Gasteiger partial charge in [0.15, 0.2) is 5.78 Å². The summed E-state index contributed by atoms with van der Waals surface area (Å²) in [7, 11) is 0. The molecule has 25 heavy (non-hydrogen) atoms. The van der Waals surface area contributed by atoms with E-state index in [1.54, 1.807) is 4.68 Å². The van der Waals surface area contributed by atoms with Crippen LogP contribution in [0.1, 0.15) is 31.4 Å². The number of ketones is 1. The number of anilines is 1. The Kier molecular flexibility index (Phi) is 3.57. The summed E-state index contributed by atoms with van der Waals surface area (Å²) in [5.41, 5.74) is 1.73. The Morgan fingerprint density at radius 1 is 1.40 bits per heavy atom. The molecule has 128 valence electrons. The summed E-state index contributed by atoms with van der Waals surface area (Å²) < 4.78 is 1.55. The lowest BCUT2D eigenvalue weighted by atomic mass is 9.81. The smallest absolute Gasteiger partial charge is 0.269 e. The first-order valence-corrected chi connectivity index (χ1v) is 8.20. The SMILES string of the molecule is C[C@@H]1CC(=O)C2=C(C1)Nc1ncnn1[C@H]2c1cc([N+](=O)[O-])ccc1Cl. The van der Waals surface area contributed by atoms with Crippen molar-refractivity contribution in [1.82, 2.24) is 14.8 Å². The Balaban J connectivity index is 1.94. The van der Waals surface area contributed by atoms with Gasteiger partial charge in [0.1, 0.15) is 12.4 Å². The van der Waals surface area contributed by atoms with Gasteiger partial charge in [0.05, 0.1) is 4.92 Å². The lowest BCUT2D eigenvalue weighted by molar-refractivity contribution is -0.384. The number of non-ortho nitro benzene ring substituents is 1. The topological polar surface area (TPSA) is 103 Å². The van der Waals surface area contributed by atoms with Gasteiger partial charge < -0.3 is 5.32 Å². The van der Waals surface area contributed by atoms with E-state index in [-0.39, 0.29) is 17.4 Å². The van der Waals surface area contributed by atoms with Crippen molar-refractivity contribution in [3.63, 3.8) is 0 Å². The number of carbonyl (C=O) groups excluding carboxylic acids is 1. The molecule has 4 rings (SSSR count). The highest BCUT2D eigenvalue weighted by atomic mass is 35.5. The van der Waals surface area contributed by atoms with Crippen LogP contribution in [0.4, 0.5) is 11.6 Å². The molecule has 0 saturated heterocycles. The van der Waals surface area contributed by atoms with Gasteiger partial charge in [-0.1, -0.05) is 18.5 Å². The van der Waals surface area contributed by atoms with Crippen molar-refractivity contribution in [2.24, 2.45) is 5.92 Å². The highest BCUT2D eigenvalue weighted by molar-refractivity contribution is 6.31. The Bertz CT molecular complexity index is 936. The molecule has 0 bridgehead atoms. The molecule has 2 aromatic rings. The molecule has 0 saturated carbocycles. The van der Waals surface area contributed by atoms with Crippen LogP contribution in [0.2, 0.25) is 5.02 Å². The zero-order valence-electron chi connectivity index (χ0n) is 13.3. The van der Waals surface area contributed by atoms with Gasteiger partial charge in [-0.25, -0.2) is 4.68 Å². The maximum atomic E-state index is 12.7. The molecule has 9 heteroatoms. The van der Waals surface area contributed by atoms with Crippen LogP contribution in [0.15, 0.2) is 35.8 Å². The van der Waals surface area contributed by atoms with Crippen LogP contribution in [-0.2, 0) is 4.79 Å². The highest BCUT2D eigenvalue weighted by Gasteiger charge is 2.39. The number of benzene rings is 1. The number of nitro groups is 1. The number of nitro benzene ring substituents is 1. The first-order chi connectivity index (χ1) is 12.0. The third-order valence-electron chi connectivity index (χ3n) is 4.55. The van der Waals surface area contributed by atoms with E-state index in [1.165, 1.54) is 24.5 Å². The van der Waals surface area contributed by atoms with Gasteiger partial charge in [0.2, 0.25) is 5.95 Å². The van der Waals surface area contributed by atoms with E-state index in [0.717, 1.165) is 5.70 Å². The van der Waals surface area contributed by atoms with E-state index in [1.807, 2.05) is 6.92 Å². The molecule has 0 fully saturated rings. The van der Waals surface area contributed by atoms with E-state index in [2.05, 4.69) is 15.4 Å². The normalized spacial score (nSPS) is 22.2. The van der Waals surface area contributed by atoms with Crippen molar-refractivity contribution in [2.75, 3.05) is 5.32 Å². The Hall–Kier alpha value is -2.74. The third kappa shape index (κ3) is 2.49. The number of rotatable bonds is 2. The van der Waals surface area contributed by atoms with Gasteiger partial charge in [-0.15, -0.1) is 0 Å². The number of nitrogens with zero attached hydrogens (tertiary/aromatic N) is 4. The van der Waals surface area contributed by atoms with Gasteiger partial charge in [0, 0.05) is 40.4 Å². The molecule has 0 unspecified atom stereocenters. The van der Waals surface area contributed by atoms with E-state index in [0.29, 0.717) is 34.9 Å². The molecule has 1 aromatic heterocycles. The second kappa shape index (κ2) is 5.66. The van der Waals surface area contributed by atoms with E-state index in [9.17, 15) is 14.9 Å². The van der Waals surface area contributed by atoms with Crippen LogP contribution < -0.4 is 5.32 Å². The van der Waals surface area contributed by atoms with E-state index < -0.39 is 11.0 Å². The number of halogens is 1. The van der Waals surface area contributed by atoms with E-state index >= 15 is 0 Å². The number of Topliss-reactive ketones (excluding diaryl/α,β-unsaturated/α-hetero) is 1. The van der Waals surface area contributed by atoms with Crippen LogP contribution in [0.5, 0.6) is 0 Å².